The smallest absolute Gasteiger partial charge is 0.116 e. The maximum atomic E-state index is 11.1. The Morgan fingerprint density at radius 2 is 1.96 bits per heavy atom. The van der Waals surface area contributed by atoms with Gasteiger partial charge in [-0.1, -0.05) is 35.7 Å². The molecule has 24 heavy (non-hydrogen) atoms. The molecular formula is C18H26Cl3NO2. The van der Waals surface area contributed by atoms with Gasteiger partial charge in [0.15, 0.2) is 0 Å². The molecule has 1 saturated carbocycles. The quantitative estimate of drug-likeness (QED) is 0.720. The molecule has 1 aliphatic carbocycles. The fourth-order valence-electron chi connectivity index (χ4n) is 3.95. The van der Waals surface area contributed by atoms with E-state index in [1.807, 2.05) is 18.2 Å². The lowest BCUT2D eigenvalue weighted by Crippen LogP contribution is -3.22. The highest BCUT2D eigenvalue weighted by Gasteiger charge is 2.48. The summed E-state index contributed by atoms with van der Waals surface area (Å²) in [6, 6.07) is 5.81. The Hall–Kier alpha value is -0.0300. The Kier molecular flexibility index (Phi) is 6.50. The van der Waals surface area contributed by atoms with Gasteiger partial charge in [-0.25, -0.2) is 0 Å². The highest BCUT2D eigenvalue weighted by Crippen LogP contribution is 2.47. The molecule has 1 heterocycles. The summed E-state index contributed by atoms with van der Waals surface area (Å²) >= 11 is 12.3. The predicted octanol–water partition coefficient (Wildman–Crippen LogP) is -0.526. The van der Waals surface area contributed by atoms with Crippen molar-refractivity contribution in [2.24, 2.45) is 0 Å². The van der Waals surface area contributed by atoms with E-state index in [4.69, 9.17) is 27.9 Å². The zero-order valence-corrected chi connectivity index (χ0v) is 16.5. The van der Waals surface area contributed by atoms with Crippen LogP contribution in [0.4, 0.5) is 0 Å². The molecule has 0 radical (unpaired) electrons. The second-order valence-corrected chi connectivity index (χ2v) is 8.46. The molecule has 0 spiro atoms. The Labute approximate surface area is 160 Å². The van der Waals surface area contributed by atoms with E-state index < -0.39 is 0 Å². The molecule has 136 valence electrons. The van der Waals surface area contributed by atoms with E-state index in [1.165, 1.54) is 4.90 Å². The van der Waals surface area contributed by atoms with E-state index >= 15 is 0 Å². The standard InChI is InChI=1S/C18H25Cl2NO2.ClH/c1-17(2)12-23-9-8-21(17)11-16(22)18(6-3-7-18)13-4-5-14(19)15(20)10-13;/h4-5,10,16,22H,3,6-9,11-12H2,1-2H3;1H. The van der Waals surface area contributed by atoms with Gasteiger partial charge in [0.25, 0.3) is 0 Å². The second-order valence-electron chi connectivity index (χ2n) is 7.65. The maximum Gasteiger partial charge on any atom is 0.116 e. The van der Waals surface area contributed by atoms with E-state index in [-0.39, 0.29) is 29.5 Å². The van der Waals surface area contributed by atoms with Crippen LogP contribution in [0.15, 0.2) is 18.2 Å². The van der Waals surface area contributed by atoms with Gasteiger partial charge in [0, 0.05) is 5.41 Å². The third-order valence-electron chi connectivity index (χ3n) is 5.79. The summed E-state index contributed by atoms with van der Waals surface area (Å²) in [5.41, 5.74) is 0.994. The minimum absolute atomic E-state index is 0. The molecular weight excluding hydrogens is 369 g/mol. The largest absolute Gasteiger partial charge is 1.00 e. The molecule has 2 atom stereocenters. The van der Waals surface area contributed by atoms with Crippen molar-refractivity contribution in [3.05, 3.63) is 33.8 Å². The van der Waals surface area contributed by atoms with E-state index in [9.17, 15) is 5.11 Å². The van der Waals surface area contributed by atoms with Crippen LogP contribution in [0, 0.1) is 0 Å². The first-order chi connectivity index (χ1) is 10.8. The topological polar surface area (TPSA) is 33.9 Å². The molecule has 0 bridgehead atoms. The van der Waals surface area contributed by atoms with E-state index in [0.29, 0.717) is 10.0 Å². The van der Waals surface area contributed by atoms with Gasteiger partial charge in [0.05, 0.1) is 16.7 Å². The van der Waals surface area contributed by atoms with Crippen LogP contribution in [0.2, 0.25) is 10.0 Å². The molecule has 3 rings (SSSR count). The Morgan fingerprint density at radius 3 is 2.50 bits per heavy atom. The number of rotatable bonds is 4. The summed E-state index contributed by atoms with van der Waals surface area (Å²) in [5, 5.41) is 12.2. The van der Waals surface area contributed by atoms with Crippen molar-refractivity contribution in [2.75, 3.05) is 26.3 Å². The van der Waals surface area contributed by atoms with Crippen LogP contribution in [-0.4, -0.2) is 43.1 Å². The Bertz CT molecular complexity index is 575. The van der Waals surface area contributed by atoms with Crippen LogP contribution < -0.4 is 17.3 Å². The molecule has 0 amide bonds. The first-order valence-corrected chi connectivity index (χ1v) is 9.17. The normalized spacial score (nSPS) is 26.1. The lowest BCUT2D eigenvalue weighted by Gasteiger charge is -2.48. The summed E-state index contributed by atoms with van der Waals surface area (Å²) in [4.78, 5) is 1.42. The molecule has 2 N–H and O–H groups in total. The molecule has 1 saturated heterocycles. The highest BCUT2D eigenvalue weighted by molar-refractivity contribution is 6.42. The summed E-state index contributed by atoms with van der Waals surface area (Å²) in [5.74, 6) is 0. The molecule has 0 aromatic heterocycles. The summed E-state index contributed by atoms with van der Waals surface area (Å²) in [6.07, 6.45) is 2.80. The minimum Gasteiger partial charge on any atom is -1.00 e. The number of aliphatic hydroxyl groups excluding tert-OH is 1. The SMILES string of the molecule is CC1(C)COCC[NH+]1CC(O)C1(c2ccc(Cl)c(Cl)c2)CCC1.[Cl-]. The molecule has 3 nitrogen and oxygen atoms in total. The fourth-order valence-corrected chi connectivity index (χ4v) is 4.25. The Balaban J connectivity index is 0.00000208. The van der Waals surface area contributed by atoms with Crippen molar-refractivity contribution in [3.63, 3.8) is 0 Å². The van der Waals surface area contributed by atoms with Crippen molar-refractivity contribution in [3.8, 4) is 0 Å². The maximum absolute atomic E-state index is 11.1. The van der Waals surface area contributed by atoms with Crippen molar-refractivity contribution in [1.82, 2.24) is 0 Å². The van der Waals surface area contributed by atoms with Gasteiger partial charge in [0.2, 0.25) is 0 Å². The minimum atomic E-state index is -0.374. The van der Waals surface area contributed by atoms with Crippen molar-refractivity contribution >= 4 is 23.2 Å². The number of hydrogen-bond acceptors (Lipinski definition) is 2. The lowest BCUT2D eigenvalue weighted by molar-refractivity contribution is -0.960. The average Bonchev–Trinajstić information content (AvgIpc) is 2.44. The zero-order valence-electron chi connectivity index (χ0n) is 14.2. The van der Waals surface area contributed by atoms with Crippen LogP contribution in [0.3, 0.4) is 0 Å². The van der Waals surface area contributed by atoms with Crippen molar-refractivity contribution < 1.29 is 27.2 Å². The van der Waals surface area contributed by atoms with Gasteiger partial charge in [-0.05, 0) is 44.4 Å². The average molecular weight is 395 g/mol. The van der Waals surface area contributed by atoms with Gasteiger partial charge >= 0.3 is 0 Å². The van der Waals surface area contributed by atoms with Gasteiger partial charge in [-0.2, -0.15) is 0 Å². The monoisotopic (exact) mass is 393 g/mol. The van der Waals surface area contributed by atoms with Crippen LogP contribution in [0.1, 0.15) is 38.7 Å². The van der Waals surface area contributed by atoms with Crippen LogP contribution in [-0.2, 0) is 10.2 Å². The molecule has 2 unspecified atom stereocenters. The van der Waals surface area contributed by atoms with Gasteiger partial charge in [0.1, 0.15) is 31.3 Å². The zero-order chi connectivity index (χ0) is 16.7. The number of hydrogen-bond donors (Lipinski definition) is 2. The molecule has 1 aliphatic heterocycles. The summed E-state index contributed by atoms with van der Waals surface area (Å²) in [7, 11) is 0. The summed E-state index contributed by atoms with van der Waals surface area (Å²) < 4.78 is 5.60. The van der Waals surface area contributed by atoms with Gasteiger partial charge in [-0.3, -0.25) is 0 Å². The second kappa shape index (κ2) is 7.69. The van der Waals surface area contributed by atoms with E-state index in [0.717, 1.165) is 51.1 Å². The molecule has 6 heteroatoms. The third kappa shape index (κ3) is 3.72. The number of halogens is 3. The first-order valence-electron chi connectivity index (χ1n) is 8.42. The Morgan fingerprint density at radius 1 is 1.25 bits per heavy atom. The highest BCUT2D eigenvalue weighted by atomic mass is 35.5. The number of ether oxygens (including phenoxy) is 1. The van der Waals surface area contributed by atoms with Gasteiger partial charge < -0.3 is 27.2 Å². The predicted molar refractivity (Wildman–Crippen MR) is 93.6 cm³/mol. The lowest BCUT2D eigenvalue weighted by atomic mass is 9.61. The fraction of sp³-hybridized carbons (Fsp3) is 0.667. The molecule has 1 aromatic rings. The third-order valence-corrected chi connectivity index (χ3v) is 6.53. The van der Waals surface area contributed by atoms with Crippen molar-refractivity contribution in [2.45, 2.75) is 50.2 Å². The molecule has 1 aromatic carbocycles. The number of morpholine rings is 1. The number of nitrogens with one attached hydrogen (secondary N) is 1. The van der Waals surface area contributed by atoms with E-state index in [2.05, 4.69) is 13.8 Å². The molecule has 2 fully saturated rings. The summed E-state index contributed by atoms with van der Waals surface area (Å²) in [6.45, 7) is 7.62. The number of quaternary nitrogens is 1. The number of benzene rings is 1. The first kappa shape index (κ1) is 20.3. The van der Waals surface area contributed by atoms with Gasteiger partial charge in [-0.15, -0.1) is 0 Å². The van der Waals surface area contributed by atoms with Crippen molar-refractivity contribution in [1.29, 1.82) is 0 Å². The van der Waals surface area contributed by atoms with Crippen LogP contribution >= 0.6 is 23.2 Å². The molecule has 2 aliphatic rings. The van der Waals surface area contributed by atoms with Crippen LogP contribution in [0.25, 0.3) is 0 Å². The van der Waals surface area contributed by atoms with E-state index in [1.54, 1.807) is 0 Å². The van der Waals surface area contributed by atoms with Crippen LogP contribution in [0.5, 0.6) is 0 Å². The number of aliphatic hydroxyl groups is 1.